The van der Waals surface area contributed by atoms with Gasteiger partial charge in [-0.2, -0.15) is 0 Å². The monoisotopic (exact) mass is 332 g/mol. The van der Waals surface area contributed by atoms with Gasteiger partial charge in [0.2, 0.25) is 0 Å². The molecule has 24 heavy (non-hydrogen) atoms. The average molecular weight is 332 g/mol. The van der Waals surface area contributed by atoms with Crippen LogP contribution in [-0.4, -0.2) is 28.4 Å². The number of hydrogen-bond donors (Lipinski definition) is 1. The van der Waals surface area contributed by atoms with Crippen molar-refractivity contribution in [2.24, 2.45) is 0 Å². The van der Waals surface area contributed by atoms with Crippen molar-refractivity contribution in [3.63, 3.8) is 0 Å². The van der Waals surface area contributed by atoms with Crippen molar-refractivity contribution in [2.45, 2.75) is 52.7 Å². The Hall–Kier alpha value is -2.68. The van der Waals surface area contributed by atoms with Gasteiger partial charge in [0.1, 0.15) is 11.2 Å². The smallest absolute Gasteiger partial charge is 0.441 e. The largest absolute Gasteiger partial charge is 0.443 e. The van der Waals surface area contributed by atoms with Crippen molar-refractivity contribution in [1.29, 1.82) is 0 Å². The van der Waals surface area contributed by atoms with Gasteiger partial charge in [-0.15, -0.1) is 5.01 Å². The first-order chi connectivity index (χ1) is 11.0. The summed E-state index contributed by atoms with van der Waals surface area (Å²) in [7, 11) is 0. The number of nitrogens with zero attached hydrogens (tertiary/aromatic N) is 1. The molecule has 1 rings (SSSR count). The second-order valence-electron chi connectivity index (χ2n) is 7.03. The van der Waals surface area contributed by atoms with Crippen LogP contribution >= 0.6 is 0 Å². The molecule has 0 heterocycles. The first-order valence-electron chi connectivity index (χ1n) is 7.56. The highest BCUT2D eigenvalue weighted by Crippen LogP contribution is 2.10. The van der Waals surface area contributed by atoms with Crippen molar-refractivity contribution < 1.29 is 19.1 Å². The molecule has 130 valence electrons. The van der Waals surface area contributed by atoms with Crippen molar-refractivity contribution in [3.05, 3.63) is 35.9 Å². The molecule has 1 aromatic carbocycles. The van der Waals surface area contributed by atoms with Crippen LogP contribution in [0.25, 0.3) is 0 Å². The molecule has 1 N–H and O–H groups in total. The Morgan fingerprint density at radius 3 is 2.00 bits per heavy atom. The molecule has 0 unspecified atom stereocenters. The van der Waals surface area contributed by atoms with Crippen LogP contribution < -0.4 is 5.43 Å². The molecule has 0 saturated heterocycles. The van der Waals surface area contributed by atoms with Gasteiger partial charge < -0.3 is 9.47 Å². The molecule has 2 amide bonds. The van der Waals surface area contributed by atoms with Gasteiger partial charge in [-0.3, -0.25) is 0 Å². The van der Waals surface area contributed by atoms with E-state index in [0.717, 1.165) is 5.01 Å². The van der Waals surface area contributed by atoms with E-state index in [2.05, 4.69) is 17.4 Å². The maximum Gasteiger partial charge on any atom is 0.441 e. The minimum absolute atomic E-state index is 0.692. The molecule has 0 spiro atoms. The quantitative estimate of drug-likeness (QED) is 0.447. The van der Waals surface area contributed by atoms with E-state index in [-0.39, 0.29) is 0 Å². The topological polar surface area (TPSA) is 67.9 Å². The van der Waals surface area contributed by atoms with Crippen molar-refractivity contribution >= 4 is 12.2 Å². The maximum atomic E-state index is 12.2. The highest BCUT2D eigenvalue weighted by atomic mass is 16.6. The van der Waals surface area contributed by atoms with Gasteiger partial charge in [-0.1, -0.05) is 18.2 Å². The lowest BCUT2D eigenvalue weighted by molar-refractivity contribution is 0.0142. The van der Waals surface area contributed by atoms with Gasteiger partial charge in [-0.25, -0.2) is 15.0 Å². The summed E-state index contributed by atoms with van der Waals surface area (Å²) < 4.78 is 10.4. The molecule has 0 bridgehead atoms. The minimum atomic E-state index is -0.796. The lowest BCUT2D eigenvalue weighted by Gasteiger charge is -2.25. The summed E-state index contributed by atoms with van der Waals surface area (Å²) in [5.41, 5.74) is 1.56. The third-order valence-electron chi connectivity index (χ3n) is 2.26. The van der Waals surface area contributed by atoms with Crippen LogP contribution in [0.3, 0.4) is 0 Å². The summed E-state index contributed by atoms with van der Waals surface area (Å²) >= 11 is 0. The van der Waals surface area contributed by atoms with Crippen LogP contribution in [0.15, 0.2) is 30.3 Å². The molecular formula is C18H24N2O4. The van der Waals surface area contributed by atoms with E-state index in [4.69, 9.17) is 9.47 Å². The first-order valence-corrected chi connectivity index (χ1v) is 7.56. The number of hydrogen-bond acceptors (Lipinski definition) is 4. The molecule has 0 radical (unpaired) electrons. The van der Waals surface area contributed by atoms with Crippen LogP contribution in [0, 0.1) is 12.0 Å². The summed E-state index contributed by atoms with van der Waals surface area (Å²) in [5.74, 6) is 2.78. The number of carbonyl (C=O) groups is 2. The van der Waals surface area contributed by atoms with Crippen LogP contribution in [0.4, 0.5) is 9.59 Å². The summed E-state index contributed by atoms with van der Waals surface area (Å²) in [5, 5.41) is 0.784. The second-order valence-corrected chi connectivity index (χ2v) is 7.03. The van der Waals surface area contributed by atoms with E-state index in [1.165, 1.54) is 0 Å². The van der Waals surface area contributed by atoms with E-state index < -0.39 is 23.4 Å². The fraction of sp³-hybridized carbons (Fsp3) is 0.444. The standard InChI is InChI=1S/C18H24N2O4/c1-17(2,3)23-15(21)19-20(16(22)24-18(4,5)6)13-12-14-10-8-7-9-11-14/h7-11H,1-6H3,(H,19,21). The molecule has 0 fully saturated rings. The van der Waals surface area contributed by atoms with E-state index in [1.54, 1.807) is 53.7 Å². The highest BCUT2D eigenvalue weighted by molar-refractivity contribution is 5.76. The van der Waals surface area contributed by atoms with Gasteiger partial charge in [0.15, 0.2) is 0 Å². The normalized spacial score (nSPS) is 10.9. The van der Waals surface area contributed by atoms with Crippen molar-refractivity contribution in [2.75, 3.05) is 0 Å². The van der Waals surface area contributed by atoms with Gasteiger partial charge in [-0.05, 0) is 59.6 Å². The molecule has 0 aliphatic heterocycles. The Morgan fingerprint density at radius 1 is 0.958 bits per heavy atom. The molecule has 0 saturated carbocycles. The number of benzene rings is 1. The SMILES string of the molecule is CC(C)(C)OC(=O)NN(C#Cc1ccccc1)C(=O)OC(C)(C)C. The van der Waals surface area contributed by atoms with Crippen LogP contribution in [0.1, 0.15) is 47.1 Å². The second kappa shape index (κ2) is 7.73. The van der Waals surface area contributed by atoms with Gasteiger partial charge in [0, 0.05) is 11.6 Å². The van der Waals surface area contributed by atoms with Crippen LogP contribution in [0.5, 0.6) is 0 Å². The van der Waals surface area contributed by atoms with Crippen LogP contribution in [0.2, 0.25) is 0 Å². The molecular weight excluding hydrogens is 308 g/mol. The fourth-order valence-electron chi connectivity index (χ4n) is 1.46. The third-order valence-corrected chi connectivity index (χ3v) is 2.26. The molecule has 6 nitrogen and oxygen atoms in total. The molecule has 6 heteroatoms. The number of carbonyl (C=O) groups excluding carboxylic acids is 2. The van der Waals surface area contributed by atoms with Gasteiger partial charge >= 0.3 is 12.2 Å². The van der Waals surface area contributed by atoms with Crippen LogP contribution in [-0.2, 0) is 9.47 Å². The van der Waals surface area contributed by atoms with Gasteiger partial charge in [0.25, 0.3) is 0 Å². The Morgan fingerprint density at radius 2 is 1.50 bits per heavy atom. The van der Waals surface area contributed by atoms with Crippen molar-refractivity contribution in [1.82, 2.24) is 10.4 Å². The lowest BCUT2D eigenvalue weighted by Crippen LogP contribution is -2.47. The number of rotatable bonds is 0. The zero-order valence-electron chi connectivity index (χ0n) is 15.0. The summed E-state index contributed by atoms with van der Waals surface area (Å²) in [6.07, 6.45) is -1.59. The Bertz CT molecular complexity index is 631. The maximum absolute atomic E-state index is 12.2. The Kier molecular flexibility index (Phi) is 6.24. The fourth-order valence-corrected chi connectivity index (χ4v) is 1.46. The zero-order chi connectivity index (χ0) is 18.4. The van der Waals surface area contributed by atoms with E-state index in [9.17, 15) is 9.59 Å². The number of hydrazine groups is 1. The number of ether oxygens (including phenoxy) is 2. The zero-order valence-corrected chi connectivity index (χ0v) is 15.0. The summed E-state index contributed by atoms with van der Waals surface area (Å²) in [4.78, 5) is 24.1. The average Bonchev–Trinajstić information content (AvgIpc) is 2.40. The lowest BCUT2D eigenvalue weighted by atomic mass is 10.2. The summed E-state index contributed by atoms with van der Waals surface area (Å²) in [6, 6.07) is 11.6. The van der Waals surface area contributed by atoms with E-state index >= 15 is 0 Å². The predicted octanol–water partition coefficient (Wildman–Crippen LogP) is 3.67. The molecule has 0 atom stereocenters. The molecule has 0 aromatic heterocycles. The van der Waals surface area contributed by atoms with E-state index in [1.807, 2.05) is 18.2 Å². The molecule has 0 aliphatic carbocycles. The van der Waals surface area contributed by atoms with E-state index in [0.29, 0.717) is 5.56 Å². The Labute approximate surface area is 143 Å². The minimum Gasteiger partial charge on any atom is -0.443 e. The number of amides is 2. The van der Waals surface area contributed by atoms with Crippen molar-refractivity contribution in [3.8, 4) is 12.0 Å². The third kappa shape index (κ3) is 8.08. The number of nitrogens with one attached hydrogen (secondary N) is 1. The van der Waals surface area contributed by atoms with Gasteiger partial charge in [0.05, 0.1) is 0 Å². The Balaban J connectivity index is 2.93. The molecule has 1 aromatic rings. The summed E-state index contributed by atoms with van der Waals surface area (Å²) in [6.45, 7) is 10.3. The predicted molar refractivity (Wildman–Crippen MR) is 90.8 cm³/mol. The highest BCUT2D eigenvalue weighted by Gasteiger charge is 2.25. The molecule has 0 aliphatic rings. The first kappa shape index (κ1) is 19.4.